The van der Waals surface area contributed by atoms with Crippen LogP contribution in [-0.2, 0) is 0 Å². The molecule has 2 aromatic carbocycles. The Labute approximate surface area is 133 Å². The number of allylic oxidation sites excluding steroid dienone is 1. The van der Waals surface area contributed by atoms with E-state index >= 15 is 0 Å². The maximum absolute atomic E-state index is 11.9. The predicted octanol–water partition coefficient (Wildman–Crippen LogP) is 4.81. The van der Waals surface area contributed by atoms with Crippen LogP contribution in [0, 0.1) is 0 Å². The van der Waals surface area contributed by atoms with E-state index in [-0.39, 0.29) is 5.78 Å². The van der Waals surface area contributed by atoms with Crippen LogP contribution in [0.15, 0.2) is 54.7 Å². The summed E-state index contributed by atoms with van der Waals surface area (Å²) in [5.74, 6) is 0.606. The first-order valence-corrected chi connectivity index (χ1v) is 6.92. The van der Waals surface area contributed by atoms with Crippen molar-refractivity contribution in [2.45, 2.75) is 0 Å². The first kappa shape index (κ1) is 15.4. The number of hydrogen-bond acceptors (Lipinski definition) is 3. The minimum absolute atomic E-state index is 0.106. The van der Waals surface area contributed by atoms with Gasteiger partial charge in [-0.15, -0.1) is 0 Å². The molecule has 2 aromatic rings. The molecule has 0 aromatic heterocycles. The molecule has 0 unspecified atom stereocenters. The van der Waals surface area contributed by atoms with Gasteiger partial charge in [0.05, 0.1) is 17.2 Å². The van der Waals surface area contributed by atoms with Gasteiger partial charge in [-0.05, 0) is 42.5 Å². The van der Waals surface area contributed by atoms with E-state index in [1.807, 2.05) is 0 Å². The molecule has 0 amide bonds. The normalized spacial score (nSPS) is 10.6. The Morgan fingerprint density at radius 3 is 2.43 bits per heavy atom. The highest BCUT2D eigenvalue weighted by molar-refractivity contribution is 6.42. The highest BCUT2D eigenvalue weighted by Crippen LogP contribution is 2.24. The van der Waals surface area contributed by atoms with E-state index in [0.717, 1.165) is 5.69 Å². The zero-order valence-corrected chi connectivity index (χ0v) is 12.8. The molecular formula is C16H13Cl2NO2. The molecule has 0 fully saturated rings. The molecule has 21 heavy (non-hydrogen) atoms. The summed E-state index contributed by atoms with van der Waals surface area (Å²) in [6, 6.07) is 12.1. The van der Waals surface area contributed by atoms with Crippen molar-refractivity contribution in [2.75, 3.05) is 12.4 Å². The summed E-state index contributed by atoms with van der Waals surface area (Å²) in [6.07, 6.45) is 3.01. The molecule has 108 valence electrons. The third kappa shape index (κ3) is 4.25. The van der Waals surface area contributed by atoms with Gasteiger partial charge in [0.2, 0.25) is 0 Å². The fourth-order valence-electron chi connectivity index (χ4n) is 1.65. The van der Waals surface area contributed by atoms with E-state index in [9.17, 15) is 4.79 Å². The van der Waals surface area contributed by atoms with Crippen LogP contribution in [-0.4, -0.2) is 12.9 Å². The molecule has 0 radical (unpaired) electrons. The van der Waals surface area contributed by atoms with Crippen molar-refractivity contribution < 1.29 is 9.53 Å². The molecule has 3 nitrogen and oxygen atoms in total. The van der Waals surface area contributed by atoms with Gasteiger partial charge in [0.25, 0.3) is 0 Å². The van der Waals surface area contributed by atoms with E-state index in [2.05, 4.69) is 5.32 Å². The molecular weight excluding hydrogens is 309 g/mol. The van der Waals surface area contributed by atoms with Crippen LogP contribution >= 0.6 is 23.2 Å². The quantitative estimate of drug-likeness (QED) is 0.634. The zero-order valence-electron chi connectivity index (χ0n) is 11.3. The average Bonchev–Trinajstić information content (AvgIpc) is 2.51. The molecule has 0 saturated heterocycles. The van der Waals surface area contributed by atoms with Gasteiger partial charge in [0.15, 0.2) is 5.78 Å². The molecule has 0 bridgehead atoms. The van der Waals surface area contributed by atoms with E-state index < -0.39 is 0 Å². The van der Waals surface area contributed by atoms with Crippen LogP contribution in [0.1, 0.15) is 10.4 Å². The Balaban J connectivity index is 1.99. The summed E-state index contributed by atoms with van der Waals surface area (Å²) in [7, 11) is 1.58. The lowest BCUT2D eigenvalue weighted by atomic mass is 10.1. The lowest BCUT2D eigenvalue weighted by molar-refractivity contribution is 0.104. The number of halogens is 2. The maximum atomic E-state index is 11.9. The number of nitrogens with one attached hydrogen (secondary N) is 1. The second kappa shape index (κ2) is 7.16. The number of anilines is 1. The molecule has 0 spiro atoms. The van der Waals surface area contributed by atoms with E-state index in [4.69, 9.17) is 27.9 Å². The van der Waals surface area contributed by atoms with Crippen LogP contribution in [0.3, 0.4) is 0 Å². The number of ketones is 1. The number of carbonyl (C=O) groups is 1. The summed E-state index contributed by atoms with van der Waals surface area (Å²) >= 11 is 11.7. The van der Waals surface area contributed by atoms with E-state index in [1.165, 1.54) is 6.08 Å². The minimum atomic E-state index is -0.106. The largest absolute Gasteiger partial charge is 0.497 e. The topological polar surface area (TPSA) is 38.3 Å². The van der Waals surface area contributed by atoms with E-state index in [0.29, 0.717) is 21.4 Å². The summed E-state index contributed by atoms with van der Waals surface area (Å²) in [4.78, 5) is 11.9. The SMILES string of the molecule is COc1ccc(C(=O)/C=C/Nc2ccc(Cl)c(Cl)c2)cc1. The lowest BCUT2D eigenvalue weighted by Crippen LogP contribution is -1.96. The van der Waals surface area contributed by atoms with Crippen molar-refractivity contribution in [2.24, 2.45) is 0 Å². The number of carbonyl (C=O) groups excluding carboxylic acids is 1. The van der Waals surface area contributed by atoms with Gasteiger partial charge < -0.3 is 10.1 Å². The molecule has 0 aliphatic rings. The van der Waals surface area contributed by atoms with Gasteiger partial charge in [-0.1, -0.05) is 23.2 Å². The fraction of sp³-hybridized carbons (Fsp3) is 0.0625. The molecule has 1 N–H and O–H groups in total. The van der Waals surface area contributed by atoms with Crippen LogP contribution in [0.25, 0.3) is 0 Å². The van der Waals surface area contributed by atoms with Crippen molar-refractivity contribution in [1.82, 2.24) is 0 Å². The molecule has 0 atom stereocenters. The molecule has 0 saturated carbocycles. The highest BCUT2D eigenvalue weighted by atomic mass is 35.5. The smallest absolute Gasteiger partial charge is 0.187 e. The van der Waals surface area contributed by atoms with Crippen LogP contribution in [0.4, 0.5) is 5.69 Å². The second-order valence-corrected chi connectivity index (χ2v) is 5.01. The molecule has 0 heterocycles. The van der Waals surface area contributed by atoms with Crippen LogP contribution < -0.4 is 10.1 Å². The Morgan fingerprint density at radius 1 is 1.10 bits per heavy atom. The van der Waals surface area contributed by atoms with Crippen molar-refractivity contribution in [1.29, 1.82) is 0 Å². The third-order valence-corrected chi connectivity index (χ3v) is 3.52. The van der Waals surface area contributed by atoms with Gasteiger partial charge in [-0.2, -0.15) is 0 Å². The first-order valence-electron chi connectivity index (χ1n) is 6.16. The molecule has 5 heteroatoms. The minimum Gasteiger partial charge on any atom is -0.497 e. The van der Waals surface area contributed by atoms with Gasteiger partial charge in [-0.3, -0.25) is 4.79 Å². The van der Waals surface area contributed by atoms with Gasteiger partial charge in [0, 0.05) is 23.5 Å². The summed E-state index contributed by atoms with van der Waals surface area (Å²) in [5.41, 5.74) is 1.34. The summed E-state index contributed by atoms with van der Waals surface area (Å²) in [6.45, 7) is 0. The van der Waals surface area contributed by atoms with Crippen molar-refractivity contribution in [3.63, 3.8) is 0 Å². The Hall–Kier alpha value is -1.97. The monoisotopic (exact) mass is 321 g/mol. The second-order valence-electron chi connectivity index (χ2n) is 4.20. The summed E-state index contributed by atoms with van der Waals surface area (Å²) in [5, 5.41) is 3.91. The predicted molar refractivity (Wildman–Crippen MR) is 86.5 cm³/mol. The summed E-state index contributed by atoms with van der Waals surface area (Å²) < 4.78 is 5.04. The number of methoxy groups -OCH3 is 1. The number of rotatable bonds is 5. The lowest BCUT2D eigenvalue weighted by Gasteiger charge is -2.03. The zero-order chi connectivity index (χ0) is 15.2. The first-order chi connectivity index (χ1) is 10.1. The van der Waals surface area contributed by atoms with Gasteiger partial charge in [0.1, 0.15) is 5.75 Å². The number of ether oxygens (including phenoxy) is 1. The maximum Gasteiger partial charge on any atom is 0.187 e. The van der Waals surface area contributed by atoms with Crippen LogP contribution in [0.2, 0.25) is 10.0 Å². The van der Waals surface area contributed by atoms with Crippen molar-refractivity contribution in [3.8, 4) is 5.75 Å². The fourth-order valence-corrected chi connectivity index (χ4v) is 1.95. The number of hydrogen-bond donors (Lipinski definition) is 1. The Bertz CT molecular complexity index is 666. The van der Waals surface area contributed by atoms with Gasteiger partial charge in [-0.25, -0.2) is 0 Å². The van der Waals surface area contributed by atoms with Gasteiger partial charge >= 0.3 is 0 Å². The van der Waals surface area contributed by atoms with Crippen molar-refractivity contribution >= 4 is 34.7 Å². The number of benzene rings is 2. The van der Waals surface area contributed by atoms with E-state index in [1.54, 1.807) is 55.8 Å². The Morgan fingerprint density at radius 2 is 1.81 bits per heavy atom. The van der Waals surface area contributed by atoms with Crippen LogP contribution in [0.5, 0.6) is 5.75 Å². The van der Waals surface area contributed by atoms with Crippen molar-refractivity contribution in [3.05, 3.63) is 70.3 Å². The molecule has 0 aliphatic heterocycles. The Kier molecular flexibility index (Phi) is 5.26. The average molecular weight is 322 g/mol. The standard InChI is InChI=1S/C16H13Cl2NO2/c1-21-13-5-2-11(3-6-13)16(20)8-9-19-12-4-7-14(17)15(18)10-12/h2-10,19H,1H3/b9-8+. The highest BCUT2D eigenvalue weighted by Gasteiger charge is 2.02. The molecule has 0 aliphatic carbocycles. The molecule has 2 rings (SSSR count). The third-order valence-electron chi connectivity index (χ3n) is 2.78.